The average molecular weight is 279 g/mol. The zero-order chi connectivity index (χ0) is 8.97. The zero-order valence-electron chi connectivity index (χ0n) is 6.66. The third-order valence-electron chi connectivity index (χ3n) is 1.18. The number of halogens is 1. The topological polar surface area (TPSA) is 58.0 Å². The third-order valence-corrected chi connectivity index (χ3v) is 1.73. The van der Waals surface area contributed by atoms with E-state index in [9.17, 15) is 0 Å². The molecular weight excluding hydrogens is 269 g/mol. The van der Waals surface area contributed by atoms with Crippen LogP contribution in [0.5, 0.6) is 0 Å². The molecule has 0 aliphatic carbocycles. The molecule has 4 nitrogen and oxygen atoms in total. The van der Waals surface area contributed by atoms with E-state index in [0.29, 0.717) is 12.5 Å². The maximum Gasteiger partial charge on any atom is 0.222 e. The second-order valence-electron chi connectivity index (χ2n) is 2.45. The van der Waals surface area contributed by atoms with E-state index in [1.807, 2.05) is 0 Å². The Labute approximate surface area is 84.6 Å². The Hall–Kier alpha value is -0.430. The van der Waals surface area contributed by atoms with Gasteiger partial charge in [0.25, 0.3) is 0 Å². The van der Waals surface area contributed by atoms with Crippen molar-refractivity contribution in [3.63, 3.8) is 0 Å². The van der Waals surface area contributed by atoms with Crippen LogP contribution in [0.25, 0.3) is 0 Å². The van der Waals surface area contributed by atoms with Crippen molar-refractivity contribution in [2.75, 3.05) is 11.9 Å². The van der Waals surface area contributed by atoms with E-state index in [1.165, 1.54) is 0 Å². The predicted molar refractivity (Wildman–Crippen MR) is 54.9 cm³/mol. The van der Waals surface area contributed by atoms with Gasteiger partial charge in [0.05, 0.1) is 6.10 Å². The van der Waals surface area contributed by atoms with Crippen molar-refractivity contribution in [1.82, 2.24) is 9.97 Å². The summed E-state index contributed by atoms with van der Waals surface area (Å²) in [6.07, 6.45) is 3.06. The summed E-state index contributed by atoms with van der Waals surface area (Å²) in [6, 6.07) is 0. The van der Waals surface area contributed by atoms with E-state index in [1.54, 1.807) is 19.3 Å². The standard InChI is InChI=1S/C7H10IN3O/c1-5(12)2-9-7-10-3-6(8)4-11-7/h3-5,12H,2H2,1H3,(H,9,10,11). The van der Waals surface area contributed by atoms with Crippen molar-refractivity contribution in [3.8, 4) is 0 Å². The van der Waals surface area contributed by atoms with E-state index in [4.69, 9.17) is 5.11 Å². The summed E-state index contributed by atoms with van der Waals surface area (Å²) in [5, 5.41) is 11.8. The number of aliphatic hydroxyl groups excluding tert-OH is 1. The molecule has 0 amide bonds. The Morgan fingerprint density at radius 2 is 2.17 bits per heavy atom. The van der Waals surface area contributed by atoms with Crippen LogP contribution in [0.15, 0.2) is 12.4 Å². The molecule has 1 unspecified atom stereocenters. The highest BCUT2D eigenvalue weighted by atomic mass is 127. The van der Waals surface area contributed by atoms with Crippen LogP contribution < -0.4 is 5.32 Å². The molecule has 1 aromatic heterocycles. The number of aliphatic hydroxyl groups is 1. The zero-order valence-corrected chi connectivity index (χ0v) is 8.82. The second-order valence-corrected chi connectivity index (χ2v) is 3.70. The normalized spacial score (nSPS) is 12.6. The van der Waals surface area contributed by atoms with E-state index in [0.717, 1.165) is 3.57 Å². The van der Waals surface area contributed by atoms with Crippen molar-refractivity contribution in [2.24, 2.45) is 0 Å². The molecule has 0 fully saturated rings. The van der Waals surface area contributed by atoms with Crippen molar-refractivity contribution >= 4 is 28.5 Å². The predicted octanol–water partition coefficient (Wildman–Crippen LogP) is 0.874. The molecule has 0 radical (unpaired) electrons. The van der Waals surface area contributed by atoms with Crippen LogP contribution in [0.3, 0.4) is 0 Å². The summed E-state index contributed by atoms with van der Waals surface area (Å²) in [6.45, 7) is 2.18. The van der Waals surface area contributed by atoms with Gasteiger partial charge < -0.3 is 10.4 Å². The van der Waals surface area contributed by atoms with Gasteiger partial charge in [-0.05, 0) is 29.5 Å². The van der Waals surface area contributed by atoms with Gasteiger partial charge in [0.1, 0.15) is 0 Å². The minimum atomic E-state index is -0.382. The molecule has 0 aliphatic heterocycles. The fraction of sp³-hybridized carbons (Fsp3) is 0.429. The summed E-state index contributed by atoms with van der Waals surface area (Å²) in [4.78, 5) is 8.02. The molecule has 0 aromatic carbocycles. The largest absolute Gasteiger partial charge is 0.392 e. The molecule has 1 aromatic rings. The van der Waals surface area contributed by atoms with E-state index >= 15 is 0 Å². The molecule has 5 heteroatoms. The van der Waals surface area contributed by atoms with Gasteiger partial charge in [-0.1, -0.05) is 0 Å². The van der Waals surface area contributed by atoms with E-state index in [2.05, 4.69) is 37.9 Å². The van der Waals surface area contributed by atoms with Crippen LogP contribution in [0.1, 0.15) is 6.92 Å². The highest BCUT2D eigenvalue weighted by Gasteiger charge is 1.97. The first-order chi connectivity index (χ1) is 5.68. The van der Waals surface area contributed by atoms with Gasteiger partial charge in [-0.3, -0.25) is 0 Å². The lowest BCUT2D eigenvalue weighted by molar-refractivity contribution is 0.208. The van der Waals surface area contributed by atoms with Crippen LogP contribution in [0, 0.1) is 3.57 Å². The van der Waals surface area contributed by atoms with Crippen molar-refractivity contribution < 1.29 is 5.11 Å². The minimum Gasteiger partial charge on any atom is -0.392 e. The number of nitrogens with one attached hydrogen (secondary N) is 1. The first kappa shape index (κ1) is 9.66. The number of hydrogen-bond acceptors (Lipinski definition) is 4. The van der Waals surface area contributed by atoms with Gasteiger partial charge in [0.15, 0.2) is 0 Å². The summed E-state index contributed by atoms with van der Waals surface area (Å²) < 4.78 is 0.996. The first-order valence-corrected chi connectivity index (χ1v) is 4.66. The number of hydrogen-bond donors (Lipinski definition) is 2. The molecule has 12 heavy (non-hydrogen) atoms. The highest BCUT2D eigenvalue weighted by molar-refractivity contribution is 14.1. The molecule has 0 saturated carbocycles. The lowest BCUT2D eigenvalue weighted by Gasteiger charge is -2.05. The highest BCUT2D eigenvalue weighted by Crippen LogP contribution is 2.02. The van der Waals surface area contributed by atoms with Crippen LogP contribution in [0.2, 0.25) is 0 Å². The number of rotatable bonds is 3. The molecule has 1 rings (SSSR count). The summed E-state index contributed by atoms with van der Waals surface area (Å²) in [7, 11) is 0. The molecule has 0 aliphatic rings. The molecule has 1 heterocycles. The monoisotopic (exact) mass is 279 g/mol. The molecule has 66 valence electrons. The number of nitrogens with zero attached hydrogens (tertiary/aromatic N) is 2. The van der Waals surface area contributed by atoms with E-state index in [-0.39, 0.29) is 6.10 Å². The van der Waals surface area contributed by atoms with Crippen LogP contribution in [0.4, 0.5) is 5.95 Å². The van der Waals surface area contributed by atoms with Crippen LogP contribution >= 0.6 is 22.6 Å². The van der Waals surface area contributed by atoms with Crippen molar-refractivity contribution in [2.45, 2.75) is 13.0 Å². The van der Waals surface area contributed by atoms with Crippen LogP contribution in [-0.2, 0) is 0 Å². The number of aromatic nitrogens is 2. The Morgan fingerprint density at radius 1 is 1.58 bits per heavy atom. The average Bonchev–Trinajstić information content (AvgIpc) is 2.03. The molecule has 0 saturated heterocycles. The lowest BCUT2D eigenvalue weighted by Crippen LogP contribution is -2.16. The first-order valence-electron chi connectivity index (χ1n) is 3.58. The number of anilines is 1. The van der Waals surface area contributed by atoms with Gasteiger partial charge in [-0.15, -0.1) is 0 Å². The maximum atomic E-state index is 8.95. The van der Waals surface area contributed by atoms with Crippen molar-refractivity contribution in [1.29, 1.82) is 0 Å². The SMILES string of the molecule is CC(O)CNc1ncc(I)cn1. The van der Waals surface area contributed by atoms with Gasteiger partial charge in [0, 0.05) is 22.5 Å². The fourth-order valence-corrected chi connectivity index (χ4v) is 0.921. The summed E-state index contributed by atoms with van der Waals surface area (Å²) >= 11 is 2.14. The molecule has 2 N–H and O–H groups in total. The summed E-state index contributed by atoms with van der Waals surface area (Å²) in [5.74, 6) is 0.552. The molecule has 0 spiro atoms. The van der Waals surface area contributed by atoms with Gasteiger partial charge in [0.2, 0.25) is 5.95 Å². The van der Waals surface area contributed by atoms with Gasteiger partial charge >= 0.3 is 0 Å². The van der Waals surface area contributed by atoms with Crippen molar-refractivity contribution in [3.05, 3.63) is 16.0 Å². The minimum absolute atomic E-state index is 0.382. The maximum absolute atomic E-state index is 8.95. The molecule has 0 bridgehead atoms. The molecular formula is C7H10IN3O. The summed E-state index contributed by atoms with van der Waals surface area (Å²) in [5.41, 5.74) is 0. The Bertz CT molecular complexity index is 237. The van der Waals surface area contributed by atoms with Crippen LogP contribution in [-0.4, -0.2) is 27.7 Å². The Morgan fingerprint density at radius 3 is 2.67 bits per heavy atom. The smallest absolute Gasteiger partial charge is 0.222 e. The second kappa shape index (κ2) is 4.56. The quantitative estimate of drug-likeness (QED) is 0.806. The molecule has 1 atom stereocenters. The lowest BCUT2D eigenvalue weighted by atomic mass is 10.4. The third kappa shape index (κ3) is 3.31. The fourth-order valence-electron chi connectivity index (χ4n) is 0.643. The van der Waals surface area contributed by atoms with Gasteiger partial charge in [-0.25, -0.2) is 9.97 Å². The Balaban J connectivity index is 2.48. The van der Waals surface area contributed by atoms with Gasteiger partial charge in [-0.2, -0.15) is 0 Å². The Kier molecular flexibility index (Phi) is 3.67. The van der Waals surface area contributed by atoms with E-state index < -0.39 is 0 Å².